The molecule has 3 rings (SSSR count). The van der Waals surface area contributed by atoms with E-state index in [1.54, 1.807) is 18.2 Å². The summed E-state index contributed by atoms with van der Waals surface area (Å²) in [4.78, 5) is 12.4. The van der Waals surface area contributed by atoms with E-state index in [0.29, 0.717) is 5.56 Å². The van der Waals surface area contributed by atoms with Gasteiger partial charge in [-0.3, -0.25) is 4.79 Å². The lowest BCUT2D eigenvalue weighted by atomic mass is 10.0. The highest BCUT2D eigenvalue weighted by atomic mass is 32.2. The topological polar surface area (TPSA) is 51.2 Å². The molecule has 0 amide bonds. The van der Waals surface area contributed by atoms with Crippen LogP contribution in [0.2, 0.25) is 0 Å². The predicted octanol–water partition coefficient (Wildman–Crippen LogP) is 2.88. The Bertz CT molecular complexity index is 867. The van der Waals surface area contributed by atoms with Crippen LogP contribution in [0.5, 0.6) is 0 Å². The van der Waals surface area contributed by atoms with Crippen LogP contribution in [0.3, 0.4) is 0 Å². The number of ketones is 1. The molecule has 0 N–H and O–H groups in total. The number of Topliss-reactive ketones (excluding diaryl/α,β-unsaturated/α-hetero) is 1. The van der Waals surface area contributed by atoms with Crippen molar-refractivity contribution in [2.45, 2.75) is 4.90 Å². The van der Waals surface area contributed by atoms with Gasteiger partial charge in [0.05, 0.1) is 10.6 Å². The van der Waals surface area contributed by atoms with E-state index < -0.39 is 15.7 Å². The molecule has 106 valence electrons. The van der Waals surface area contributed by atoms with Crippen LogP contribution in [0, 0.1) is 5.82 Å². The van der Waals surface area contributed by atoms with Crippen molar-refractivity contribution < 1.29 is 17.6 Å². The van der Waals surface area contributed by atoms with Crippen molar-refractivity contribution in [3.63, 3.8) is 0 Å². The first-order chi connectivity index (χ1) is 9.97. The summed E-state index contributed by atoms with van der Waals surface area (Å²) in [6, 6.07) is 11.8. The maximum atomic E-state index is 13.2. The Balaban J connectivity index is 2.13. The molecule has 2 aromatic rings. The number of hydrogen-bond donors (Lipinski definition) is 0. The summed E-state index contributed by atoms with van der Waals surface area (Å²) in [7, 11) is -3.54. The molecule has 0 fully saturated rings. The highest BCUT2D eigenvalue weighted by molar-refractivity contribution is 7.91. The first kappa shape index (κ1) is 13.7. The second kappa shape index (κ2) is 4.93. The van der Waals surface area contributed by atoms with Gasteiger partial charge in [-0.1, -0.05) is 24.3 Å². The third kappa shape index (κ3) is 2.52. The largest absolute Gasteiger partial charge is 0.289 e. The minimum atomic E-state index is -3.54. The number of sulfone groups is 1. The lowest BCUT2D eigenvalue weighted by Crippen LogP contribution is -2.24. The Labute approximate surface area is 121 Å². The standard InChI is InChI=1S/C16H11FO3S/c17-13-5-3-4-11(9-13)8-12-10-21(19,20)15-7-2-1-6-14(15)16(12)18/h1-9H,10H2/b12-8+. The molecule has 0 unspecified atom stereocenters. The van der Waals surface area contributed by atoms with Gasteiger partial charge in [0.1, 0.15) is 5.82 Å². The second-order valence-corrected chi connectivity index (χ2v) is 6.77. The Kier molecular flexibility index (Phi) is 3.22. The zero-order valence-electron chi connectivity index (χ0n) is 10.9. The van der Waals surface area contributed by atoms with Gasteiger partial charge in [0.2, 0.25) is 0 Å². The zero-order valence-corrected chi connectivity index (χ0v) is 11.7. The minimum Gasteiger partial charge on any atom is -0.289 e. The van der Waals surface area contributed by atoms with Crippen LogP contribution in [0.1, 0.15) is 15.9 Å². The quantitative estimate of drug-likeness (QED) is 0.761. The molecule has 0 aliphatic carbocycles. The molecule has 5 heteroatoms. The normalized spacial score (nSPS) is 18.5. The molecular weight excluding hydrogens is 291 g/mol. The van der Waals surface area contributed by atoms with Crippen LogP contribution in [-0.4, -0.2) is 20.0 Å². The van der Waals surface area contributed by atoms with E-state index in [9.17, 15) is 17.6 Å². The smallest absolute Gasteiger partial charge is 0.191 e. The predicted molar refractivity (Wildman–Crippen MR) is 77.2 cm³/mol. The molecule has 2 aromatic carbocycles. The van der Waals surface area contributed by atoms with Gasteiger partial charge in [-0.05, 0) is 35.9 Å². The first-order valence-electron chi connectivity index (χ1n) is 6.30. The fourth-order valence-electron chi connectivity index (χ4n) is 2.35. The maximum Gasteiger partial charge on any atom is 0.191 e. The van der Waals surface area contributed by atoms with Crippen molar-refractivity contribution in [3.05, 3.63) is 71.0 Å². The first-order valence-corrected chi connectivity index (χ1v) is 7.95. The molecule has 1 aliphatic rings. The molecule has 0 spiro atoms. The average Bonchev–Trinajstić information content (AvgIpc) is 2.44. The van der Waals surface area contributed by atoms with Gasteiger partial charge in [0, 0.05) is 11.1 Å². The molecule has 0 aromatic heterocycles. The van der Waals surface area contributed by atoms with E-state index >= 15 is 0 Å². The number of benzene rings is 2. The fraction of sp³-hybridized carbons (Fsp3) is 0.0625. The number of rotatable bonds is 1. The molecule has 0 saturated heterocycles. The van der Waals surface area contributed by atoms with Gasteiger partial charge >= 0.3 is 0 Å². The van der Waals surface area contributed by atoms with Crippen molar-refractivity contribution in [2.75, 3.05) is 5.75 Å². The molecule has 0 radical (unpaired) electrons. The third-order valence-electron chi connectivity index (χ3n) is 3.29. The molecule has 0 atom stereocenters. The number of hydrogen-bond acceptors (Lipinski definition) is 3. The van der Waals surface area contributed by atoms with Gasteiger partial charge in [-0.25, -0.2) is 12.8 Å². The van der Waals surface area contributed by atoms with Gasteiger partial charge < -0.3 is 0 Å². The summed E-state index contributed by atoms with van der Waals surface area (Å²) in [5, 5.41) is 0. The molecule has 1 heterocycles. The van der Waals surface area contributed by atoms with E-state index in [1.165, 1.54) is 36.4 Å². The third-order valence-corrected chi connectivity index (χ3v) is 5.01. The van der Waals surface area contributed by atoms with Crippen LogP contribution >= 0.6 is 0 Å². The Morgan fingerprint density at radius 1 is 1.05 bits per heavy atom. The van der Waals surface area contributed by atoms with Gasteiger partial charge in [0.25, 0.3) is 0 Å². The van der Waals surface area contributed by atoms with Crippen LogP contribution in [-0.2, 0) is 9.84 Å². The Hall–Kier alpha value is -2.27. The number of halogens is 1. The summed E-state index contributed by atoms with van der Waals surface area (Å²) in [5.74, 6) is -1.13. The van der Waals surface area contributed by atoms with Crippen molar-refractivity contribution in [1.29, 1.82) is 0 Å². The number of carbonyl (C=O) groups is 1. The van der Waals surface area contributed by atoms with Crippen molar-refractivity contribution in [3.8, 4) is 0 Å². The highest BCUT2D eigenvalue weighted by Gasteiger charge is 2.32. The zero-order chi connectivity index (χ0) is 15.0. The molecule has 21 heavy (non-hydrogen) atoms. The summed E-state index contributed by atoms with van der Waals surface area (Å²) in [5.41, 5.74) is 0.790. The van der Waals surface area contributed by atoms with Gasteiger partial charge in [-0.2, -0.15) is 0 Å². The van der Waals surface area contributed by atoms with Crippen LogP contribution in [0.15, 0.2) is 59.0 Å². The van der Waals surface area contributed by atoms with E-state index in [2.05, 4.69) is 0 Å². The Morgan fingerprint density at radius 2 is 1.81 bits per heavy atom. The second-order valence-electron chi connectivity index (χ2n) is 4.81. The lowest BCUT2D eigenvalue weighted by molar-refractivity contribution is 0.103. The van der Waals surface area contributed by atoms with Crippen molar-refractivity contribution in [2.24, 2.45) is 0 Å². The molecule has 0 bridgehead atoms. The van der Waals surface area contributed by atoms with E-state index in [0.717, 1.165) is 0 Å². The van der Waals surface area contributed by atoms with E-state index in [4.69, 9.17) is 0 Å². The molecule has 3 nitrogen and oxygen atoms in total. The van der Waals surface area contributed by atoms with Crippen LogP contribution < -0.4 is 0 Å². The minimum absolute atomic E-state index is 0.0615. The van der Waals surface area contributed by atoms with E-state index in [1.807, 2.05) is 0 Å². The number of carbonyl (C=O) groups excluding carboxylic acids is 1. The summed E-state index contributed by atoms with van der Waals surface area (Å²) in [6.45, 7) is 0. The highest BCUT2D eigenvalue weighted by Crippen LogP contribution is 2.28. The molecule has 1 aliphatic heterocycles. The molecule has 0 saturated carbocycles. The Morgan fingerprint density at radius 3 is 2.57 bits per heavy atom. The summed E-state index contributed by atoms with van der Waals surface area (Å²) >= 11 is 0. The van der Waals surface area contributed by atoms with Crippen molar-refractivity contribution in [1.82, 2.24) is 0 Å². The van der Waals surface area contributed by atoms with Crippen molar-refractivity contribution >= 4 is 21.7 Å². The van der Waals surface area contributed by atoms with Crippen LogP contribution in [0.25, 0.3) is 6.08 Å². The summed E-state index contributed by atoms with van der Waals surface area (Å²) < 4.78 is 37.6. The number of fused-ring (bicyclic) bond motifs is 1. The van der Waals surface area contributed by atoms with Crippen LogP contribution in [0.4, 0.5) is 4.39 Å². The monoisotopic (exact) mass is 302 g/mol. The lowest BCUT2D eigenvalue weighted by Gasteiger charge is -2.17. The van der Waals surface area contributed by atoms with Gasteiger partial charge in [-0.15, -0.1) is 0 Å². The average molecular weight is 302 g/mol. The molecular formula is C16H11FO3S. The SMILES string of the molecule is O=C1/C(=C/c2cccc(F)c2)CS(=O)(=O)c2ccccc21. The van der Waals surface area contributed by atoms with E-state index in [-0.39, 0.29) is 27.6 Å². The maximum absolute atomic E-state index is 13.2. The summed E-state index contributed by atoms with van der Waals surface area (Å²) in [6.07, 6.45) is 1.43. The van der Waals surface area contributed by atoms with Gasteiger partial charge in [0.15, 0.2) is 15.6 Å². The fourth-order valence-corrected chi connectivity index (χ4v) is 3.91.